The van der Waals surface area contributed by atoms with Crippen LogP contribution in [0.5, 0.6) is 0 Å². The number of rotatable bonds is 3. The molecule has 1 nitrogen and oxygen atoms in total. The smallest absolute Gasteiger partial charge is 0.00951 e. The summed E-state index contributed by atoms with van der Waals surface area (Å²) in [5, 5.41) is 3.84. The minimum absolute atomic E-state index is 0.660. The molecule has 0 spiro atoms. The van der Waals surface area contributed by atoms with Crippen molar-refractivity contribution in [3.63, 3.8) is 0 Å². The normalized spacial score (nSPS) is 47.1. The lowest BCUT2D eigenvalue weighted by Gasteiger charge is -2.25. The summed E-state index contributed by atoms with van der Waals surface area (Å²) < 4.78 is 0. The van der Waals surface area contributed by atoms with Crippen molar-refractivity contribution < 1.29 is 0 Å². The highest BCUT2D eigenvalue weighted by molar-refractivity contribution is 5.03. The number of hydrogen-bond donors (Lipinski definition) is 1. The van der Waals surface area contributed by atoms with E-state index in [2.05, 4.69) is 19.2 Å². The van der Waals surface area contributed by atoms with Crippen molar-refractivity contribution in [1.29, 1.82) is 0 Å². The fourth-order valence-corrected chi connectivity index (χ4v) is 3.04. The summed E-state index contributed by atoms with van der Waals surface area (Å²) in [6.07, 6.45) is 7.39. The molecule has 3 aliphatic rings. The van der Waals surface area contributed by atoms with Crippen LogP contribution in [0.1, 0.15) is 46.0 Å². The highest BCUT2D eigenvalue weighted by atomic mass is 15.0. The average molecular weight is 179 g/mol. The van der Waals surface area contributed by atoms with Crippen LogP contribution in [-0.2, 0) is 0 Å². The van der Waals surface area contributed by atoms with Crippen molar-refractivity contribution in [2.24, 2.45) is 17.3 Å². The first-order valence-electron chi connectivity index (χ1n) is 5.93. The molecule has 1 heteroatoms. The lowest BCUT2D eigenvalue weighted by Crippen LogP contribution is -2.40. The van der Waals surface area contributed by atoms with Gasteiger partial charge in [-0.2, -0.15) is 0 Å². The van der Waals surface area contributed by atoms with Gasteiger partial charge in [0.25, 0.3) is 0 Å². The SMILES string of the molecule is CC(NC1CC2CC2C1)C1(C)CC1. The van der Waals surface area contributed by atoms with Crippen molar-refractivity contribution in [1.82, 2.24) is 5.32 Å². The quantitative estimate of drug-likeness (QED) is 0.702. The van der Waals surface area contributed by atoms with Crippen molar-refractivity contribution in [2.75, 3.05) is 0 Å². The number of nitrogens with one attached hydrogen (secondary N) is 1. The summed E-state index contributed by atoms with van der Waals surface area (Å²) in [6.45, 7) is 4.82. The molecular formula is C12H21N. The van der Waals surface area contributed by atoms with E-state index in [1.807, 2.05) is 0 Å². The van der Waals surface area contributed by atoms with Crippen LogP contribution in [0.2, 0.25) is 0 Å². The Morgan fingerprint density at radius 1 is 1.15 bits per heavy atom. The maximum atomic E-state index is 3.84. The number of hydrogen-bond acceptors (Lipinski definition) is 1. The van der Waals surface area contributed by atoms with Crippen molar-refractivity contribution in [3.05, 3.63) is 0 Å². The molecule has 0 aromatic rings. The third-order valence-corrected chi connectivity index (χ3v) is 4.81. The zero-order chi connectivity index (χ0) is 9.05. The van der Waals surface area contributed by atoms with Crippen LogP contribution >= 0.6 is 0 Å². The molecule has 1 N–H and O–H groups in total. The minimum atomic E-state index is 0.660. The maximum absolute atomic E-state index is 3.84. The lowest BCUT2D eigenvalue weighted by molar-refractivity contribution is 0.328. The summed E-state index contributed by atoms with van der Waals surface area (Å²) >= 11 is 0. The molecule has 3 fully saturated rings. The molecule has 0 heterocycles. The van der Waals surface area contributed by atoms with Crippen molar-refractivity contribution >= 4 is 0 Å². The molecule has 0 aliphatic heterocycles. The Hall–Kier alpha value is -0.0400. The monoisotopic (exact) mass is 179 g/mol. The second kappa shape index (κ2) is 2.50. The molecule has 3 saturated carbocycles. The van der Waals surface area contributed by atoms with E-state index in [4.69, 9.17) is 0 Å². The first-order chi connectivity index (χ1) is 6.17. The topological polar surface area (TPSA) is 12.0 Å². The predicted octanol–water partition coefficient (Wildman–Crippen LogP) is 2.56. The third-order valence-electron chi connectivity index (χ3n) is 4.81. The molecule has 0 amide bonds. The van der Waals surface area contributed by atoms with Crippen LogP contribution in [0.4, 0.5) is 0 Å². The average Bonchev–Trinajstić information content (AvgIpc) is 2.96. The molecule has 0 radical (unpaired) electrons. The van der Waals surface area contributed by atoms with Gasteiger partial charge in [-0.15, -0.1) is 0 Å². The molecule has 3 atom stereocenters. The summed E-state index contributed by atoms with van der Waals surface area (Å²) in [5.41, 5.74) is 0.660. The lowest BCUT2D eigenvalue weighted by atomic mass is 9.99. The van der Waals surface area contributed by atoms with Crippen LogP contribution in [0.15, 0.2) is 0 Å². The molecule has 0 aromatic heterocycles. The highest BCUT2D eigenvalue weighted by Gasteiger charge is 2.48. The standard InChI is InChI=1S/C12H21N/c1-8(12(2)3-4-12)13-11-6-9-5-10(9)7-11/h8-11,13H,3-7H2,1-2H3. The van der Waals surface area contributed by atoms with Gasteiger partial charge < -0.3 is 5.32 Å². The molecule has 0 bridgehead atoms. The van der Waals surface area contributed by atoms with E-state index in [-0.39, 0.29) is 0 Å². The predicted molar refractivity (Wildman–Crippen MR) is 54.6 cm³/mol. The van der Waals surface area contributed by atoms with Crippen LogP contribution in [-0.4, -0.2) is 12.1 Å². The fraction of sp³-hybridized carbons (Fsp3) is 1.00. The van der Waals surface area contributed by atoms with Gasteiger partial charge in [-0.3, -0.25) is 0 Å². The minimum Gasteiger partial charge on any atom is -0.311 e. The van der Waals surface area contributed by atoms with E-state index < -0.39 is 0 Å². The van der Waals surface area contributed by atoms with E-state index >= 15 is 0 Å². The van der Waals surface area contributed by atoms with Crippen molar-refractivity contribution in [3.8, 4) is 0 Å². The van der Waals surface area contributed by atoms with E-state index in [1.54, 1.807) is 6.42 Å². The van der Waals surface area contributed by atoms with Crippen LogP contribution in [0.25, 0.3) is 0 Å². The molecule has 3 rings (SSSR count). The maximum Gasteiger partial charge on any atom is 0.00951 e. The summed E-state index contributed by atoms with van der Waals surface area (Å²) in [7, 11) is 0. The van der Waals surface area contributed by atoms with E-state index in [0.717, 1.165) is 23.9 Å². The van der Waals surface area contributed by atoms with E-state index in [0.29, 0.717) is 5.41 Å². The highest BCUT2D eigenvalue weighted by Crippen LogP contribution is 2.53. The van der Waals surface area contributed by atoms with E-state index in [9.17, 15) is 0 Å². The molecule has 3 aliphatic carbocycles. The second-order valence-electron chi connectivity index (χ2n) is 5.97. The van der Waals surface area contributed by atoms with Gasteiger partial charge in [0.1, 0.15) is 0 Å². The van der Waals surface area contributed by atoms with Crippen LogP contribution in [0.3, 0.4) is 0 Å². The summed E-state index contributed by atoms with van der Waals surface area (Å²) in [6, 6.07) is 1.63. The summed E-state index contributed by atoms with van der Waals surface area (Å²) in [4.78, 5) is 0. The first-order valence-corrected chi connectivity index (χ1v) is 5.93. The molecular weight excluding hydrogens is 158 g/mol. The Morgan fingerprint density at radius 2 is 1.77 bits per heavy atom. The van der Waals surface area contributed by atoms with Gasteiger partial charge in [0.15, 0.2) is 0 Å². The van der Waals surface area contributed by atoms with Gasteiger partial charge >= 0.3 is 0 Å². The molecule has 0 aromatic carbocycles. The van der Waals surface area contributed by atoms with Gasteiger partial charge in [-0.1, -0.05) is 6.92 Å². The summed E-state index contributed by atoms with van der Waals surface area (Å²) in [5.74, 6) is 2.24. The van der Waals surface area contributed by atoms with Gasteiger partial charge in [0, 0.05) is 12.1 Å². The largest absolute Gasteiger partial charge is 0.311 e. The van der Waals surface area contributed by atoms with Crippen LogP contribution < -0.4 is 5.32 Å². The molecule has 3 unspecified atom stereocenters. The van der Waals surface area contributed by atoms with Gasteiger partial charge in [-0.25, -0.2) is 0 Å². The van der Waals surface area contributed by atoms with Gasteiger partial charge in [-0.05, 0) is 56.3 Å². The second-order valence-corrected chi connectivity index (χ2v) is 5.97. The number of fused-ring (bicyclic) bond motifs is 1. The fourth-order valence-electron chi connectivity index (χ4n) is 3.04. The third kappa shape index (κ3) is 1.41. The van der Waals surface area contributed by atoms with Gasteiger partial charge in [0.2, 0.25) is 0 Å². The van der Waals surface area contributed by atoms with E-state index in [1.165, 1.54) is 25.7 Å². The molecule has 0 saturated heterocycles. The Bertz CT molecular complexity index is 209. The van der Waals surface area contributed by atoms with Crippen LogP contribution in [0, 0.1) is 17.3 Å². The molecule has 13 heavy (non-hydrogen) atoms. The first kappa shape index (κ1) is 8.28. The Balaban J connectivity index is 1.52. The van der Waals surface area contributed by atoms with Gasteiger partial charge in [0.05, 0.1) is 0 Å². The zero-order valence-electron chi connectivity index (χ0n) is 8.84. The Morgan fingerprint density at radius 3 is 2.31 bits per heavy atom. The van der Waals surface area contributed by atoms with Crippen molar-refractivity contribution in [2.45, 2.75) is 58.0 Å². The zero-order valence-corrected chi connectivity index (χ0v) is 8.84. The molecule has 74 valence electrons. The Kier molecular flexibility index (Phi) is 1.59. The Labute approximate surface area is 81.3 Å².